The lowest BCUT2D eigenvalue weighted by Gasteiger charge is -2.12. The van der Waals surface area contributed by atoms with Crippen molar-refractivity contribution in [3.63, 3.8) is 0 Å². The van der Waals surface area contributed by atoms with E-state index in [1.54, 1.807) is 6.92 Å². The van der Waals surface area contributed by atoms with Crippen molar-refractivity contribution in [2.45, 2.75) is 31.3 Å². The highest BCUT2D eigenvalue weighted by molar-refractivity contribution is 4.87. The van der Waals surface area contributed by atoms with Gasteiger partial charge >= 0.3 is 0 Å². The highest BCUT2D eigenvalue weighted by atomic mass is 16.6. The van der Waals surface area contributed by atoms with Crippen LogP contribution in [-0.4, -0.2) is 48.3 Å². The molecule has 1 fully saturated rings. The third kappa shape index (κ3) is 1.70. The first-order valence-corrected chi connectivity index (χ1v) is 3.67. The van der Waals surface area contributed by atoms with E-state index in [0.29, 0.717) is 6.61 Å². The fraction of sp³-hybridized carbons (Fsp3) is 1.00. The van der Waals surface area contributed by atoms with E-state index in [4.69, 9.17) is 9.47 Å². The smallest absolute Gasteiger partial charge is 0.111 e. The Balaban J connectivity index is 2.45. The standard InChI is InChI=1S/C7H14O4/c1-4-6(8)7(9)5(11-4)3-10-2/h4-9H,3H2,1-2H3/t4-,5+,6?,7-/m0/s1. The molecule has 0 saturated carbocycles. The summed E-state index contributed by atoms with van der Waals surface area (Å²) in [6, 6.07) is 0. The highest BCUT2D eigenvalue weighted by Crippen LogP contribution is 2.20. The van der Waals surface area contributed by atoms with Crippen LogP contribution in [0.1, 0.15) is 6.92 Å². The molecule has 4 nitrogen and oxygen atoms in total. The summed E-state index contributed by atoms with van der Waals surface area (Å²) >= 11 is 0. The predicted molar refractivity (Wildman–Crippen MR) is 38.2 cm³/mol. The Hall–Kier alpha value is -0.160. The minimum atomic E-state index is -0.815. The molecular formula is C7H14O4. The molecule has 0 aliphatic carbocycles. The molecule has 0 aromatic carbocycles. The number of hydrogen-bond donors (Lipinski definition) is 2. The molecule has 0 amide bonds. The Bertz CT molecular complexity index is 128. The van der Waals surface area contributed by atoms with Crippen LogP contribution >= 0.6 is 0 Å². The summed E-state index contributed by atoms with van der Waals surface area (Å²) in [4.78, 5) is 0. The Kier molecular flexibility index (Phi) is 2.84. The second-order valence-corrected chi connectivity index (χ2v) is 2.82. The molecule has 1 heterocycles. The van der Waals surface area contributed by atoms with Gasteiger partial charge in [-0.3, -0.25) is 0 Å². The quantitative estimate of drug-likeness (QED) is 0.555. The maximum atomic E-state index is 9.30. The number of methoxy groups -OCH3 is 1. The van der Waals surface area contributed by atoms with Crippen molar-refractivity contribution in [1.29, 1.82) is 0 Å². The molecule has 0 aromatic heterocycles. The molecule has 4 heteroatoms. The summed E-state index contributed by atoms with van der Waals surface area (Å²) < 4.78 is 10.00. The monoisotopic (exact) mass is 162 g/mol. The molecule has 1 rings (SSSR count). The Morgan fingerprint density at radius 3 is 2.36 bits per heavy atom. The first kappa shape index (κ1) is 8.93. The van der Waals surface area contributed by atoms with E-state index >= 15 is 0 Å². The van der Waals surface area contributed by atoms with Crippen LogP contribution in [0.25, 0.3) is 0 Å². The zero-order valence-electron chi connectivity index (χ0n) is 6.73. The summed E-state index contributed by atoms with van der Waals surface area (Å²) in [6.45, 7) is 2.05. The summed E-state index contributed by atoms with van der Waals surface area (Å²) in [5, 5.41) is 18.5. The molecule has 0 aromatic rings. The lowest BCUT2D eigenvalue weighted by Crippen LogP contribution is -2.33. The molecule has 2 N–H and O–H groups in total. The van der Waals surface area contributed by atoms with Crippen molar-refractivity contribution in [2.24, 2.45) is 0 Å². The van der Waals surface area contributed by atoms with Crippen LogP contribution in [0.15, 0.2) is 0 Å². The third-order valence-corrected chi connectivity index (χ3v) is 1.93. The SMILES string of the molecule is COC[C@H]1O[C@@H](C)C(O)[C@H]1O. The number of ether oxygens (including phenoxy) is 2. The molecule has 0 spiro atoms. The van der Waals surface area contributed by atoms with Crippen LogP contribution in [0.4, 0.5) is 0 Å². The maximum absolute atomic E-state index is 9.30. The molecule has 0 radical (unpaired) electrons. The summed E-state index contributed by atoms with van der Waals surface area (Å²) in [7, 11) is 1.53. The van der Waals surface area contributed by atoms with Crippen LogP contribution in [0.5, 0.6) is 0 Å². The lowest BCUT2D eigenvalue weighted by atomic mass is 10.1. The van der Waals surface area contributed by atoms with Gasteiger partial charge in [0.25, 0.3) is 0 Å². The minimum Gasteiger partial charge on any atom is -0.388 e. The second kappa shape index (κ2) is 3.49. The van der Waals surface area contributed by atoms with E-state index in [2.05, 4.69) is 0 Å². The summed E-state index contributed by atoms with van der Waals surface area (Å²) in [5.74, 6) is 0. The van der Waals surface area contributed by atoms with Gasteiger partial charge in [-0.1, -0.05) is 0 Å². The average Bonchev–Trinajstić information content (AvgIpc) is 2.19. The fourth-order valence-corrected chi connectivity index (χ4v) is 1.24. The van der Waals surface area contributed by atoms with E-state index in [1.807, 2.05) is 0 Å². The van der Waals surface area contributed by atoms with Crippen molar-refractivity contribution in [3.05, 3.63) is 0 Å². The van der Waals surface area contributed by atoms with E-state index in [9.17, 15) is 10.2 Å². The van der Waals surface area contributed by atoms with Crippen LogP contribution < -0.4 is 0 Å². The van der Waals surface area contributed by atoms with Gasteiger partial charge in [0.1, 0.15) is 18.3 Å². The van der Waals surface area contributed by atoms with E-state index < -0.39 is 12.2 Å². The molecule has 1 aliphatic heterocycles. The maximum Gasteiger partial charge on any atom is 0.111 e. The van der Waals surface area contributed by atoms with Crippen molar-refractivity contribution in [2.75, 3.05) is 13.7 Å². The normalized spacial score (nSPS) is 44.7. The van der Waals surface area contributed by atoms with Gasteiger partial charge in [-0.2, -0.15) is 0 Å². The van der Waals surface area contributed by atoms with Gasteiger partial charge in [0.05, 0.1) is 12.7 Å². The van der Waals surface area contributed by atoms with Crippen molar-refractivity contribution < 1.29 is 19.7 Å². The van der Waals surface area contributed by atoms with Gasteiger partial charge in [-0.15, -0.1) is 0 Å². The summed E-state index contributed by atoms with van der Waals surface area (Å²) in [6.07, 6.45) is -2.28. The van der Waals surface area contributed by atoms with Crippen LogP contribution in [0.2, 0.25) is 0 Å². The van der Waals surface area contributed by atoms with Gasteiger partial charge in [-0.05, 0) is 6.92 Å². The molecular weight excluding hydrogens is 148 g/mol. The molecule has 1 saturated heterocycles. The van der Waals surface area contributed by atoms with E-state index in [-0.39, 0.29) is 12.2 Å². The molecule has 66 valence electrons. The van der Waals surface area contributed by atoms with Gasteiger partial charge in [0.15, 0.2) is 0 Å². The van der Waals surface area contributed by atoms with Crippen molar-refractivity contribution in [3.8, 4) is 0 Å². The molecule has 11 heavy (non-hydrogen) atoms. The molecule has 1 aliphatic rings. The van der Waals surface area contributed by atoms with E-state index in [1.165, 1.54) is 7.11 Å². The largest absolute Gasteiger partial charge is 0.388 e. The Labute approximate surface area is 65.7 Å². The van der Waals surface area contributed by atoms with Crippen LogP contribution in [0, 0.1) is 0 Å². The fourth-order valence-electron chi connectivity index (χ4n) is 1.24. The average molecular weight is 162 g/mol. The molecule has 1 unspecified atom stereocenters. The second-order valence-electron chi connectivity index (χ2n) is 2.82. The Morgan fingerprint density at radius 2 is 2.00 bits per heavy atom. The molecule has 4 atom stereocenters. The van der Waals surface area contributed by atoms with Gasteiger partial charge < -0.3 is 19.7 Å². The van der Waals surface area contributed by atoms with Gasteiger partial charge in [0, 0.05) is 7.11 Å². The number of hydrogen-bond acceptors (Lipinski definition) is 4. The van der Waals surface area contributed by atoms with Crippen LogP contribution in [-0.2, 0) is 9.47 Å². The third-order valence-electron chi connectivity index (χ3n) is 1.93. The lowest BCUT2D eigenvalue weighted by molar-refractivity contribution is -0.0290. The first-order chi connectivity index (χ1) is 5.16. The van der Waals surface area contributed by atoms with Crippen LogP contribution in [0.3, 0.4) is 0 Å². The molecule has 0 bridgehead atoms. The zero-order chi connectivity index (χ0) is 8.43. The zero-order valence-corrected chi connectivity index (χ0v) is 6.73. The minimum absolute atomic E-state index is 0.301. The highest BCUT2D eigenvalue weighted by Gasteiger charge is 2.39. The van der Waals surface area contributed by atoms with Gasteiger partial charge in [0.2, 0.25) is 0 Å². The van der Waals surface area contributed by atoms with Gasteiger partial charge in [-0.25, -0.2) is 0 Å². The first-order valence-electron chi connectivity index (χ1n) is 3.67. The van der Waals surface area contributed by atoms with E-state index in [0.717, 1.165) is 0 Å². The predicted octanol–water partition coefficient (Wildman–Crippen LogP) is -0.858. The number of aliphatic hydroxyl groups is 2. The van der Waals surface area contributed by atoms with Crippen molar-refractivity contribution in [1.82, 2.24) is 0 Å². The Morgan fingerprint density at radius 1 is 1.36 bits per heavy atom. The number of rotatable bonds is 2. The summed E-state index contributed by atoms with van der Waals surface area (Å²) in [5.41, 5.74) is 0. The number of aliphatic hydroxyl groups excluding tert-OH is 2. The van der Waals surface area contributed by atoms with Crippen molar-refractivity contribution >= 4 is 0 Å². The topological polar surface area (TPSA) is 58.9 Å².